The summed E-state index contributed by atoms with van der Waals surface area (Å²) >= 11 is 1.38. The van der Waals surface area contributed by atoms with E-state index in [-0.39, 0.29) is 0 Å². The van der Waals surface area contributed by atoms with Crippen molar-refractivity contribution < 1.29 is 0 Å². The van der Waals surface area contributed by atoms with Crippen LogP contribution in [0, 0.1) is 6.92 Å². The molecule has 0 aliphatic rings. The van der Waals surface area contributed by atoms with Gasteiger partial charge < -0.3 is 0 Å². The van der Waals surface area contributed by atoms with Gasteiger partial charge in [-0.15, -0.1) is 0 Å². The first-order valence-corrected chi connectivity index (χ1v) is 5.30. The Morgan fingerprint density at radius 1 is 1.43 bits per heavy atom. The molecule has 5 heteroatoms. The van der Waals surface area contributed by atoms with Crippen LogP contribution in [0.2, 0.25) is 0 Å². The van der Waals surface area contributed by atoms with E-state index in [1.165, 1.54) is 11.5 Å². The van der Waals surface area contributed by atoms with E-state index in [0.717, 1.165) is 16.6 Å². The Labute approximate surface area is 86.8 Å². The Hall–Kier alpha value is -1.23. The predicted octanol–water partition coefficient (Wildman–Crippen LogP) is 2.16. The number of aromatic nitrogens is 4. The summed E-state index contributed by atoms with van der Waals surface area (Å²) in [4.78, 5) is 4.40. The molecule has 2 heterocycles. The maximum Gasteiger partial charge on any atom is 0.230 e. The Kier molecular flexibility index (Phi) is 2.33. The number of hydrogen-bond acceptors (Lipinski definition) is 4. The minimum absolute atomic E-state index is 0.372. The topological polar surface area (TPSA) is 43.6 Å². The molecular formula is C9H12N4S. The normalized spacial score (nSPS) is 11.1. The lowest BCUT2D eigenvalue weighted by atomic mass is 10.2. The smallest absolute Gasteiger partial charge is 0.212 e. The predicted molar refractivity (Wildman–Crippen MR) is 55.9 cm³/mol. The van der Waals surface area contributed by atoms with Gasteiger partial charge >= 0.3 is 0 Å². The molecule has 0 spiro atoms. The molecule has 0 amide bonds. The zero-order valence-corrected chi connectivity index (χ0v) is 9.25. The van der Waals surface area contributed by atoms with Gasteiger partial charge in [0.25, 0.3) is 0 Å². The molecule has 2 aromatic rings. The number of aryl methyl sites for hydroxylation is 1. The number of nitrogens with zero attached hydrogens (tertiary/aromatic N) is 4. The minimum atomic E-state index is 0.372. The molecule has 0 atom stereocenters. The van der Waals surface area contributed by atoms with Crippen LogP contribution < -0.4 is 0 Å². The molecule has 0 saturated heterocycles. The average Bonchev–Trinajstić information content (AvgIpc) is 2.70. The summed E-state index contributed by atoms with van der Waals surface area (Å²) in [5.41, 5.74) is 0.992. The van der Waals surface area contributed by atoms with E-state index >= 15 is 0 Å². The molecule has 0 aliphatic carbocycles. The summed E-state index contributed by atoms with van der Waals surface area (Å²) < 4.78 is 6.03. The van der Waals surface area contributed by atoms with E-state index in [0.29, 0.717) is 5.92 Å². The third-order valence-corrected chi connectivity index (χ3v) is 2.59. The lowest BCUT2D eigenvalue weighted by molar-refractivity contribution is 0.778. The standard InChI is InChI=1S/C9H12N4S/c1-6(2)8-10-9(14-12-8)13-5-4-7(3)11-13/h4-6H,1-3H3. The second-order valence-corrected chi connectivity index (χ2v) is 4.22. The van der Waals surface area contributed by atoms with Crippen LogP contribution >= 0.6 is 11.5 Å². The molecule has 14 heavy (non-hydrogen) atoms. The summed E-state index contributed by atoms with van der Waals surface area (Å²) in [5, 5.41) is 5.11. The summed E-state index contributed by atoms with van der Waals surface area (Å²) in [6, 6.07) is 1.95. The van der Waals surface area contributed by atoms with E-state index in [1.807, 2.05) is 19.2 Å². The van der Waals surface area contributed by atoms with Crippen LogP contribution in [-0.4, -0.2) is 19.1 Å². The quantitative estimate of drug-likeness (QED) is 0.759. The van der Waals surface area contributed by atoms with Crippen molar-refractivity contribution >= 4 is 11.5 Å². The van der Waals surface area contributed by atoms with Crippen LogP contribution in [0.4, 0.5) is 0 Å². The molecule has 2 rings (SSSR count). The highest BCUT2D eigenvalue weighted by Gasteiger charge is 2.09. The molecule has 0 fully saturated rings. The maximum absolute atomic E-state index is 4.40. The molecule has 0 radical (unpaired) electrons. The first kappa shape index (κ1) is 9.33. The number of hydrogen-bond donors (Lipinski definition) is 0. The van der Waals surface area contributed by atoms with E-state index in [9.17, 15) is 0 Å². The first-order valence-electron chi connectivity index (χ1n) is 4.53. The average molecular weight is 208 g/mol. The fourth-order valence-corrected chi connectivity index (χ4v) is 1.82. The Morgan fingerprint density at radius 3 is 2.71 bits per heavy atom. The Bertz CT molecular complexity index is 429. The van der Waals surface area contributed by atoms with Crippen molar-refractivity contribution in [2.75, 3.05) is 0 Å². The Balaban J connectivity index is 2.33. The van der Waals surface area contributed by atoms with Crippen LogP contribution in [0.5, 0.6) is 0 Å². The molecule has 0 bridgehead atoms. The molecule has 0 aliphatic heterocycles. The van der Waals surface area contributed by atoms with Crippen molar-refractivity contribution in [3.63, 3.8) is 0 Å². The molecule has 0 saturated carbocycles. The van der Waals surface area contributed by atoms with Crippen molar-refractivity contribution in [2.45, 2.75) is 26.7 Å². The minimum Gasteiger partial charge on any atom is -0.212 e. The van der Waals surface area contributed by atoms with Crippen LogP contribution in [-0.2, 0) is 0 Å². The summed E-state index contributed by atoms with van der Waals surface area (Å²) in [6.45, 7) is 6.13. The first-order chi connectivity index (χ1) is 6.66. The van der Waals surface area contributed by atoms with Crippen molar-refractivity contribution in [3.8, 4) is 5.13 Å². The summed E-state index contributed by atoms with van der Waals surface area (Å²) in [5.74, 6) is 1.26. The fraction of sp³-hybridized carbons (Fsp3) is 0.444. The van der Waals surface area contributed by atoms with Crippen molar-refractivity contribution in [1.82, 2.24) is 19.1 Å². The molecule has 2 aromatic heterocycles. The van der Waals surface area contributed by atoms with Gasteiger partial charge in [-0.05, 0) is 13.0 Å². The van der Waals surface area contributed by atoms with Crippen LogP contribution in [0.3, 0.4) is 0 Å². The van der Waals surface area contributed by atoms with Crippen molar-refractivity contribution in [3.05, 3.63) is 23.8 Å². The highest BCUT2D eigenvalue weighted by Crippen LogP contribution is 2.16. The zero-order chi connectivity index (χ0) is 10.1. The third-order valence-electron chi connectivity index (χ3n) is 1.87. The second kappa shape index (κ2) is 3.49. The van der Waals surface area contributed by atoms with E-state index in [1.54, 1.807) is 4.68 Å². The largest absolute Gasteiger partial charge is 0.230 e. The van der Waals surface area contributed by atoms with Crippen molar-refractivity contribution in [2.24, 2.45) is 0 Å². The van der Waals surface area contributed by atoms with Gasteiger partial charge in [0.15, 0.2) is 0 Å². The molecule has 0 aromatic carbocycles. The van der Waals surface area contributed by atoms with E-state index in [2.05, 4.69) is 28.3 Å². The highest BCUT2D eigenvalue weighted by molar-refractivity contribution is 7.08. The summed E-state index contributed by atoms with van der Waals surface area (Å²) in [6.07, 6.45) is 1.90. The van der Waals surface area contributed by atoms with Gasteiger partial charge in [-0.25, -0.2) is 9.67 Å². The second-order valence-electron chi connectivity index (χ2n) is 3.49. The van der Waals surface area contributed by atoms with Gasteiger partial charge in [0.2, 0.25) is 5.13 Å². The third kappa shape index (κ3) is 1.68. The van der Waals surface area contributed by atoms with Gasteiger partial charge in [0.1, 0.15) is 5.82 Å². The Morgan fingerprint density at radius 2 is 2.21 bits per heavy atom. The van der Waals surface area contributed by atoms with Gasteiger partial charge in [0.05, 0.1) is 5.69 Å². The molecule has 4 nitrogen and oxygen atoms in total. The van der Waals surface area contributed by atoms with Gasteiger partial charge in [0, 0.05) is 23.6 Å². The molecule has 0 N–H and O–H groups in total. The lowest BCUT2D eigenvalue weighted by Crippen LogP contribution is -1.96. The van der Waals surface area contributed by atoms with Crippen molar-refractivity contribution in [1.29, 1.82) is 0 Å². The van der Waals surface area contributed by atoms with Crippen LogP contribution in [0.1, 0.15) is 31.3 Å². The van der Waals surface area contributed by atoms with Gasteiger partial charge in [-0.2, -0.15) is 9.47 Å². The van der Waals surface area contributed by atoms with Crippen LogP contribution in [0.25, 0.3) is 5.13 Å². The van der Waals surface area contributed by atoms with E-state index < -0.39 is 0 Å². The molecule has 0 unspecified atom stereocenters. The van der Waals surface area contributed by atoms with E-state index in [4.69, 9.17) is 0 Å². The fourth-order valence-electron chi connectivity index (χ4n) is 1.08. The van der Waals surface area contributed by atoms with Gasteiger partial charge in [-0.1, -0.05) is 13.8 Å². The summed E-state index contributed by atoms with van der Waals surface area (Å²) in [7, 11) is 0. The van der Waals surface area contributed by atoms with Gasteiger partial charge in [-0.3, -0.25) is 0 Å². The highest BCUT2D eigenvalue weighted by atomic mass is 32.1. The zero-order valence-electron chi connectivity index (χ0n) is 8.43. The lowest BCUT2D eigenvalue weighted by Gasteiger charge is -1.95. The SMILES string of the molecule is Cc1ccn(-c2nc(C(C)C)ns2)n1. The van der Waals surface area contributed by atoms with Crippen LogP contribution in [0.15, 0.2) is 12.3 Å². The molecule has 74 valence electrons. The molecular weight excluding hydrogens is 196 g/mol. The maximum atomic E-state index is 4.40. The monoisotopic (exact) mass is 208 g/mol. The number of rotatable bonds is 2.